The molecule has 0 bridgehead atoms. The van der Waals surface area contributed by atoms with E-state index in [0.717, 1.165) is 18.3 Å². The van der Waals surface area contributed by atoms with E-state index in [1.54, 1.807) is 0 Å². The second-order valence-electron chi connectivity index (χ2n) is 6.80. The summed E-state index contributed by atoms with van der Waals surface area (Å²) in [6, 6.07) is 0.671. The summed E-state index contributed by atoms with van der Waals surface area (Å²) < 4.78 is 0. The first-order valence-corrected chi connectivity index (χ1v) is 8.30. The van der Waals surface area contributed by atoms with E-state index in [1.165, 1.54) is 64.6 Å². The highest BCUT2D eigenvalue weighted by Gasteiger charge is 2.25. The Bertz CT molecular complexity index is 241. The lowest BCUT2D eigenvalue weighted by molar-refractivity contribution is 0.149. The molecule has 1 saturated carbocycles. The van der Waals surface area contributed by atoms with Crippen LogP contribution in [0.3, 0.4) is 0 Å². The minimum atomic E-state index is 0.348. The number of hydrogen-bond donors (Lipinski definition) is 2. The highest BCUT2D eigenvalue weighted by molar-refractivity contribution is 4.83. The minimum absolute atomic E-state index is 0.348. The van der Waals surface area contributed by atoms with Crippen molar-refractivity contribution >= 4 is 0 Å². The van der Waals surface area contributed by atoms with Crippen LogP contribution in [0.25, 0.3) is 0 Å². The van der Waals surface area contributed by atoms with E-state index in [1.807, 2.05) is 0 Å². The summed E-state index contributed by atoms with van der Waals surface area (Å²) in [6.45, 7) is 3.98. The molecule has 0 aromatic carbocycles. The van der Waals surface area contributed by atoms with Crippen LogP contribution in [0, 0.1) is 11.8 Å². The van der Waals surface area contributed by atoms with Crippen molar-refractivity contribution in [2.45, 2.75) is 57.4 Å². The van der Waals surface area contributed by atoms with Gasteiger partial charge in [-0.25, -0.2) is 0 Å². The van der Waals surface area contributed by atoms with Gasteiger partial charge in [0.2, 0.25) is 0 Å². The molecule has 2 fully saturated rings. The molecule has 0 amide bonds. The summed E-state index contributed by atoms with van der Waals surface area (Å²) in [5, 5.41) is 12.8. The molecule has 1 saturated heterocycles. The molecule has 2 unspecified atom stereocenters. The van der Waals surface area contributed by atoms with Gasteiger partial charge < -0.3 is 15.3 Å². The molecule has 0 aromatic heterocycles. The van der Waals surface area contributed by atoms with Gasteiger partial charge in [0.15, 0.2) is 0 Å². The van der Waals surface area contributed by atoms with Gasteiger partial charge in [0, 0.05) is 25.7 Å². The highest BCUT2D eigenvalue weighted by Crippen LogP contribution is 2.24. The number of likely N-dealkylation sites (N-methyl/N-ethyl adjacent to an activating group) is 1. The maximum absolute atomic E-state index is 8.97. The SMILES string of the molecule is CN1CC(CCCO)CC(NCC2CCCCC2)C1. The van der Waals surface area contributed by atoms with Gasteiger partial charge in [0.25, 0.3) is 0 Å². The standard InChI is InChI=1S/C16H32N2O/c1-18-12-15(8-5-9-19)10-16(13-18)17-11-14-6-3-2-4-7-14/h14-17,19H,2-13H2,1H3. The van der Waals surface area contributed by atoms with Crippen LogP contribution in [0.4, 0.5) is 0 Å². The molecule has 2 atom stereocenters. The molecule has 2 rings (SSSR count). The van der Waals surface area contributed by atoms with Crippen LogP contribution in [-0.4, -0.2) is 49.3 Å². The van der Waals surface area contributed by atoms with Crippen molar-refractivity contribution in [3.8, 4) is 0 Å². The third kappa shape index (κ3) is 5.41. The average molecular weight is 268 g/mol. The van der Waals surface area contributed by atoms with Gasteiger partial charge in [0.05, 0.1) is 0 Å². The molecule has 1 heterocycles. The van der Waals surface area contributed by atoms with Crippen molar-refractivity contribution in [3.05, 3.63) is 0 Å². The van der Waals surface area contributed by atoms with Gasteiger partial charge in [-0.05, 0) is 57.5 Å². The highest BCUT2D eigenvalue weighted by atomic mass is 16.2. The van der Waals surface area contributed by atoms with Crippen molar-refractivity contribution in [2.24, 2.45) is 11.8 Å². The number of aliphatic hydroxyl groups is 1. The Hall–Kier alpha value is -0.120. The molecular formula is C16H32N2O. The first kappa shape index (κ1) is 15.3. The number of piperidine rings is 1. The quantitative estimate of drug-likeness (QED) is 0.775. The summed E-state index contributed by atoms with van der Waals surface area (Å²) in [7, 11) is 2.24. The zero-order chi connectivity index (χ0) is 13.5. The second kappa shape index (κ2) is 8.23. The third-order valence-corrected chi connectivity index (χ3v) is 4.91. The number of likely N-dealkylation sites (tertiary alicyclic amines) is 1. The van der Waals surface area contributed by atoms with Gasteiger partial charge in [-0.15, -0.1) is 0 Å². The number of aliphatic hydroxyl groups excluding tert-OH is 1. The largest absolute Gasteiger partial charge is 0.396 e. The molecule has 112 valence electrons. The zero-order valence-electron chi connectivity index (χ0n) is 12.6. The molecular weight excluding hydrogens is 236 g/mol. The van der Waals surface area contributed by atoms with Gasteiger partial charge in [-0.2, -0.15) is 0 Å². The molecule has 2 N–H and O–H groups in total. The van der Waals surface area contributed by atoms with Gasteiger partial charge in [-0.1, -0.05) is 19.3 Å². The molecule has 0 spiro atoms. The second-order valence-corrected chi connectivity index (χ2v) is 6.80. The van der Waals surface area contributed by atoms with Crippen molar-refractivity contribution in [3.63, 3.8) is 0 Å². The average Bonchev–Trinajstić information content (AvgIpc) is 2.43. The lowest BCUT2D eigenvalue weighted by Crippen LogP contribution is -2.48. The number of hydrogen-bond acceptors (Lipinski definition) is 3. The smallest absolute Gasteiger partial charge is 0.0431 e. The van der Waals surface area contributed by atoms with E-state index >= 15 is 0 Å². The fraction of sp³-hybridized carbons (Fsp3) is 1.00. The van der Waals surface area contributed by atoms with Gasteiger partial charge in [0.1, 0.15) is 0 Å². The first-order chi connectivity index (χ1) is 9.28. The lowest BCUT2D eigenvalue weighted by Gasteiger charge is -2.37. The van der Waals surface area contributed by atoms with Crippen molar-refractivity contribution < 1.29 is 5.11 Å². The fourth-order valence-electron chi connectivity index (χ4n) is 3.90. The number of nitrogens with one attached hydrogen (secondary N) is 1. The Morgan fingerprint density at radius 1 is 1.11 bits per heavy atom. The van der Waals surface area contributed by atoms with Gasteiger partial charge >= 0.3 is 0 Å². The zero-order valence-corrected chi connectivity index (χ0v) is 12.6. The molecule has 1 aliphatic heterocycles. The van der Waals surface area contributed by atoms with Crippen molar-refractivity contribution in [2.75, 3.05) is 33.3 Å². The molecule has 2 aliphatic rings. The van der Waals surface area contributed by atoms with Crippen LogP contribution >= 0.6 is 0 Å². The Morgan fingerprint density at radius 3 is 2.63 bits per heavy atom. The molecule has 3 nitrogen and oxygen atoms in total. The summed E-state index contributed by atoms with van der Waals surface area (Å²) in [4.78, 5) is 2.46. The number of nitrogens with zero attached hydrogens (tertiary/aromatic N) is 1. The predicted octanol–water partition coefficient (Wildman–Crippen LogP) is 2.25. The van der Waals surface area contributed by atoms with Crippen LogP contribution in [-0.2, 0) is 0 Å². The lowest BCUT2D eigenvalue weighted by atomic mass is 9.87. The third-order valence-electron chi connectivity index (χ3n) is 4.91. The topological polar surface area (TPSA) is 35.5 Å². The molecule has 0 aromatic rings. The van der Waals surface area contributed by atoms with Crippen molar-refractivity contribution in [1.82, 2.24) is 10.2 Å². The summed E-state index contributed by atoms with van der Waals surface area (Å²) in [6.07, 6.45) is 10.7. The molecule has 3 heteroatoms. The normalized spacial score (nSPS) is 30.6. The van der Waals surface area contributed by atoms with E-state index in [4.69, 9.17) is 5.11 Å². The Labute approximate surface area is 118 Å². The van der Waals surface area contributed by atoms with E-state index < -0.39 is 0 Å². The van der Waals surface area contributed by atoms with Crippen molar-refractivity contribution in [1.29, 1.82) is 0 Å². The Morgan fingerprint density at radius 2 is 1.89 bits per heavy atom. The van der Waals surface area contributed by atoms with E-state index in [-0.39, 0.29) is 0 Å². The Balaban J connectivity index is 1.69. The first-order valence-electron chi connectivity index (χ1n) is 8.30. The molecule has 1 aliphatic carbocycles. The predicted molar refractivity (Wildman–Crippen MR) is 80.3 cm³/mol. The summed E-state index contributed by atoms with van der Waals surface area (Å²) >= 11 is 0. The maximum atomic E-state index is 8.97. The van der Waals surface area contributed by atoms with E-state index in [2.05, 4.69) is 17.3 Å². The molecule has 0 radical (unpaired) electrons. The van der Waals surface area contributed by atoms with E-state index in [0.29, 0.717) is 12.6 Å². The van der Waals surface area contributed by atoms with Gasteiger partial charge in [-0.3, -0.25) is 0 Å². The van der Waals surface area contributed by atoms with Crippen LogP contribution in [0.15, 0.2) is 0 Å². The van der Waals surface area contributed by atoms with Crippen LogP contribution < -0.4 is 5.32 Å². The summed E-state index contributed by atoms with van der Waals surface area (Å²) in [5.74, 6) is 1.70. The van der Waals surface area contributed by atoms with Crippen LogP contribution in [0.5, 0.6) is 0 Å². The minimum Gasteiger partial charge on any atom is -0.396 e. The monoisotopic (exact) mass is 268 g/mol. The van der Waals surface area contributed by atoms with Crippen LogP contribution in [0.2, 0.25) is 0 Å². The Kier molecular flexibility index (Phi) is 6.62. The molecule has 19 heavy (non-hydrogen) atoms. The summed E-state index contributed by atoms with van der Waals surface area (Å²) in [5.41, 5.74) is 0. The number of rotatable bonds is 6. The van der Waals surface area contributed by atoms with Crippen LogP contribution in [0.1, 0.15) is 51.4 Å². The van der Waals surface area contributed by atoms with E-state index in [9.17, 15) is 0 Å². The fourth-order valence-corrected chi connectivity index (χ4v) is 3.90. The maximum Gasteiger partial charge on any atom is 0.0431 e.